The maximum atomic E-state index is 12.5. The average Bonchev–Trinajstić information content (AvgIpc) is 2.85. The van der Waals surface area contributed by atoms with Gasteiger partial charge >= 0.3 is 0 Å². The van der Waals surface area contributed by atoms with Crippen LogP contribution in [0.25, 0.3) is 0 Å². The molecule has 1 amide bonds. The van der Waals surface area contributed by atoms with Crippen molar-refractivity contribution >= 4 is 5.91 Å². The molecule has 2 rings (SSSR count). The minimum Gasteiger partial charge on any atom is -0.344 e. The van der Waals surface area contributed by atoms with Crippen molar-refractivity contribution in [3.63, 3.8) is 0 Å². The molecular weight excluding hydrogens is 226 g/mol. The lowest BCUT2D eigenvalue weighted by Gasteiger charge is -2.38. The third-order valence-electron chi connectivity index (χ3n) is 4.56. The second-order valence-corrected chi connectivity index (χ2v) is 5.86. The summed E-state index contributed by atoms with van der Waals surface area (Å²) in [5, 5.41) is 3.20. The maximum absolute atomic E-state index is 12.5. The molecule has 0 bridgehead atoms. The molecule has 0 aromatic heterocycles. The van der Waals surface area contributed by atoms with Gasteiger partial charge in [0, 0.05) is 32.2 Å². The standard InChI is InChI=1S/C14H27N3O/c1-11-8-9-16(3)14(18)13(10-15-2)17(11)12-6-4-5-7-12/h11-13,15H,4-10H2,1-3H3. The van der Waals surface area contributed by atoms with Crippen molar-refractivity contribution in [1.82, 2.24) is 15.1 Å². The molecule has 1 saturated carbocycles. The van der Waals surface area contributed by atoms with Crippen LogP contribution >= 0.6 is 0 Å². The van der Waals surface area contributed by atoms with E-state index < -0.39 is 0 Å². The lowest BCUT2D eigenvalue weighted by Crippen LogP contribution is -2.55. The van der Waals surface area contributed by atoms with Crippen LogP contribution in [-0.2, 0) is 4.79 Å². The van der Waals surface area contributed by atoms with Crippen LogP contribution in [0.2, 0.25) is 0 Å². The fourth-order valence-corrected chi connectivity index (χ4v) is 3.53. The largest absolute Gasteiger partial charge is 0.344 e. The van der Waals surface area contributed by atoms with Crippen molar-refractivity contribution in [2.24, 2.45) is 0 Å². The molecule has 1 aliphatic carbocycles. The molecule has 1 aliphatic heterocycles. The highest BCUT2D eigenvalue weighted by Gasteiger charge is 2.38. The highest BCUT2D eigenvalue weighted by Crippen LogP contribution is 2.29. The molecule has 2 aliphatic rings. The fourth-order valence-electron chi connectivity index (χ4n) is 3.53. The monoisotopic (exact) mass is 253 g/mol. The van der Waals surface area contributed by atoms with Gasteiger partial charge in [-0.2, -0.15) is 0 Å². The zero-order valence-corrected chi connectivity index (χ0v) is 12.0. The van der Waals surface area contributed by atoms with Gasteiger partial charge in [-0.1, -0.05) is 12.8 Å². The van der Waals surface area contributed by atoms with Crippen molar-refractivity contribution in [3.8, 4) is 0 Å². The molecule has 4 nitrogen and oxygen atoms in total. The molecule has 2 fully saturated rings. The highest BCUT2D eigenvalue weighted by atomic mass is 16.2. The Bertz CT molecular complexity index is 289. The number of hydrogen-bond donors (Lipinski definition) is 1. The highest BCUT2D eigenvalue weighted by molar-refractivity contribution is 5.82. The summed E-state index contributed by atoms with van der Waals surface area (Å²) in [5.74, 6) is 0.292. The van der Waals surface area contributed by atoms with Gasteiger partial charge in [0.25, 0.3) is 0 Å². The zero-order valence-electron chi connectivity index (χ0n) is 12.0. The van der Waals surface area contributed by atoms with Crippen LogP contribution in [0.3, 0.4) is 0 Å². The minimum absolute atomic E-state index is 0.0283. The molecule has 0 aromatic carbocycles. The molecule has 2 unspecified atom stereocenters. The quantitative estimate of drug-likeness (QED) is 0.817. The van der Waals surface area contributed by atoms with Crippen LogP contribution in [0.15, 0.2) is 0 Å². The van der Waals surface area contributed by atoms with Crippen molar-refractivity contribution in [3.05, 3.63) is 0 Å². The van der Waals surface area contributed by atoms with Crippen LogP contribution in [0.1, 0.15) is 39.0 Å². The number of likely N-dealkylation sites (N-methyl/N-ethyl adjacent to an activating group) is 2. The smallest absolute Gasteiger partial charge is 0.241 e. The number of amides is 1. The summed E-state index contributed by atoms with van der Waals surface area (Å²) >= 11 is 0. The van der Waals surface area contributed by atoms with Gasteiger partial charge in [-0.3, -0.25) is 9.69 Å². The first-order valence-corrected chi connectivity index (χ1v) is 7.32. The van der Waals surface area contributed by atoms with E-state index >= 15 is 0 Å². The van der Waals surface area contributed by atoms with E-state index in [0.717, 1.165) is 19.5 Å². The van der Waals surface area contributed by atoms with Crippen LogP contribution in [0.5, 0.6) is 0 Å². The first kappa shape index (κ1) is 13.8. The number of nitrogens with one attached hydrogen (secondary N) is 1. The second kappa shape index (κ2) is 6.02. The summed E-state index contributed by atoms with van der Waals surface area (Å²) in [6.45, 7) is 3.95. The molecular formula is C14H27N3O. The van der Waals surface area contributed by atoms with Gasteiger partial charge in [0.05, 0.1) is 0 Å². The minimum atomic E-state index is 0.0283. The van der Waals surface area contributed by atoms with E-state index in [0.29, 0.717) is 18.0 Å². The Balaban J connectivity index is 2.20. The van der Waals surface area contributed by atoms with Crippen molar-refractivity contribution in [1.29, 1.82) is 0 Å². The van der Waals surface area contributed by atoms with E-state index in [2.05, 4.69) is 17.1 Å². The maximum Gasteiger partial charge on any atom is 0.241 e. The van der Waals surface area contributed by atoms with Gasteiger partial charge in [-0.25, -0.2) is 0 Å². The second-order valence-electron chi connectivity index (χ2n) is 5.86. The van der Waals surface area contributed by atoms with E-state index in [-0.39, 0.29) is 6.04 Å². The number of carbonyl (C=O) groups excluding carboxylic acids is 1. The number of rotatable bonds is 3. The van der Waals surface area contributed by atoms with Gasteiger partial charge in [0.1, 0.15) is 6.04 Å². The zero-order chi connectivity index (χ0) is 13.1. The van der Waals surface area contributed by atoms with Gasteiger partial charge in [0.15, 0.2) is 0 Å². The topological polar surface area (TPSA) is 35.6 Å². The molecule has 0 aromatic rings. The lowest BCUT2D eigenvalue weighted by atomic mass is 10.1. The lowest BCUT2D eigenvalue weighted by molar-refractivity contribution is -0.135. The van der Waals surface area contributed by atoms with Crippen LogP contribution in [0, 0.1) is 0 Å². The Morgan fingerprint density at radius 2 is 1.94 bits per heavy atom. The van der Waals surface area contributed by atoms with Gasteiger partial charge in [-0.15, -0.1) is 0 Å². The van der Waals surface area contributed by atoms with Crippen LogP contribution in [-0.4, -0.2) is 61.0 Å². The molecule has 1 saturated heterocycles. The van der Waals surface area contributed by atoms with E-state index in [1.165, 1.54) is 25.7 Å². The summed E-state index contributed by atoms with van der Waals surface area (Å²) < 4.78 is 0. The van der Waals surface area contributed by atoms with Gasteiger partial charge < -0.3 is 10.2 Å². The van der Waals surface area contributed by atoms with Crippen molar-refractivity contribution < 1.29 is 4.79 Å². The average molecular weight is 253 g/mol. The molecule has 0 spiro atoms. The third kappa shape index (κ3) is 2.69. The normalized spacial score (nSPS) is 31.9. The third-order valence-corrected chi connectivity index (χ3v) is 4.56. The fraction of sp³-hybridized carbons (Fsp3) is 0.929. The van der Waals surface area contributed by atoms with Crippen LogP contribution in [0.4, 0.5) is 0 Å². The van der Waals surface area contributed by atoms with Gasteiger partial charge in [0.2, 0.25) is 5.91 Å². The molecule has 2 atom stereocenters. The summed E-state index contributed by atoms with van der Waals surface area (Å²) in [6.07, 6.45) is 6.27. The van der Waals surface area contributed by atoms with Crippen LogP contribution < -0.4 is 5.32 Å². The summed E-state index contributed by atoms with van der Waals surface area (Å²) in [6, 6.07) is 1.16. The summed E-state index contributed by atoms with van der Waals surface area (Å²) in [5.41, 5.74) is 0. The van der Waals surface area contributed by atoms with E-state index in [4.69, 9.17) is 0 Å². The first-order valence-electron chi connectivity index (χ1n) is 7.32. The van der Waals surface area contributed by atoms with E-state index in [1.807, 2.05) is 19.0 Å². The predicted octanol–water partition coefficient (Wildman–Crippen LogP) is 1.07. The number of hydrogen-bond acceptors (Lipinski definition) is 3. The molecule has 4 heteroatoms. The van der Waals surface area contributed by atoms with Crippen molar-refractivity contribution in [2.45, 2.75) is 57.2 Å². The van der Waals surface area contributed by atoms with Crippen molar-refractivity contribution in [2.75, 3.05) is 27.2 Å². The Morgan fingerprint density at radius 1 is 1.28 bits per heavy atom. The molecule has 1 heterocycles. The molecule has 1 N–H and O–H groups in total. The Morgan fingerprint density at radius 3 is 2.56 bits per heavy atom. The Labute approximate surface area is 111 Å². The molecule has 18 heavy (non-hydrogen) atoms. The first-order chi connectivity index (χ1) is 8.65. The summed E-state index contributed by atoms with van der Waals surface area (Å²) in [7, 11) is 3.88. The predicted molar refractivity (Wildman–Crippen MR) is 73.5 cm³/mol. The van der Waals surface area contributed by atoms with E-state index in [1.54, 1.807) is 0 Å². The Hall–Kier alpha value is -0.610. The van der Waals surface area contributed by atoms with Gasteiger partial charge in [-0.05, 0) is 33.2 Å². The number of nitrogens with zero attached hydrogens (tertiary/aromatic N) is 2. The SMILES string of the molecule is CNCC1C(=O)N(C)CCC(C)N1C1CCCC1. The molecule has 0 radical (unpaired) electrons. The number of carbonyl (C=O) groups is 1. The van der Waals surface area contributed by atoms with E-state index in [9.17, 15) is 4.79 Å². The summed E-state index contributed by atoms with van der Waals surface area (Å²) in [4.78, 5) is 16.9. The molecule has 104 valence electrons. The Kier molecular flexibility index (Phi) is 4.62.